The van der Waals surface area contributed by atoms with Gasteiger partial charge in [0.15, 0.2) is 0 Å². The van der Waals surface area contributed by atoms with Crippen LogP contribution in [0.5, 0.6) is 0 Å². The fourth-order valence-corrected chi connectivity index (χ4v) is 3.24. The Labute approximate surface area is 125 Å². The van der Waals surface area contributed by atoms with Gasteiger partial charge in [-0.15, -0.1) is 11.8 Å². The number of nitrogens with zero attached hydrogens (tertiary/aromatic N) is 1. The van der Waals surface area contributed by atoms with Crippen molar-refractivity contribution in [1.29, 1.82) is 0 Å². The van der Waals surface area contributed by atoms with Crippen LogP contribution in [0, 0.1) is 6.92 Å². The highest BCUT2D eigenvalue weighted by molar-refractivity contribution is 7.99. The van der Waals surface area contributed by atoms with Crippen molar-refractivity contribution in [2.24, 2.45) is 0 Å². The zero-order chi connectivity index (χ0) is 14.4. The second kappa shape index (κ2) is 7.67. The molecule has 20 heavy (non-hydrogen) atoms. The molecule has 4 nitrogen and oxygen atoms in total. The summed E-state index contributed by atoms with van der Waals surface area (Å²) in [6.45, 7) is 5.69. The van der Waals surface area contributed by atoms with Crippen molar-refractivity contribution >= 4 is 17.7 Å². The number of piperazine rings is 1. The van der Waals surface area contributed by atoms with Gasteiger partial charge in [-0.05, 0) is 19.1 Å². The smallest absolute Gasteiger partial charge is 0.238 e. The molecule has 1 aromatic rings. The van der Waals surface area contributed by atoms with Gasteiger partial charge in [-0.2, -0.15) is 0 Å². The molecule has 1 fully saturated rings. The minimum atomic E-state index is -0.0348. The molecule has 1 aromatic carbocycles. The van der Waals surface area contributed by atoms with E-state index in [2.05, 4.69) is 46.7 Å². The molecule has 0 aliphatic carbocycles. The molecular weight excluding hydrogens is 270 g/mol. The summed E-state index contributed by atoms with van der Waals surface area (Å²) in [4.78, 5) is 15.4. The Balaban J connectivity index is 1.82. The minimum Gasteiger partial charge on any atom is -0.358 e. The zero-order valence-electron chi connectivity index (χ0n) is 12.2. The lowest BCUT2D eigenvalue weighted by Gasteiger charge is -2.34. The second-order valence-corrected chi connectivity index (χ2v) is 6.20. The Bertz CT molecular complexity index is 435. The monoisotopic (exact) mass is 293 g/mol. The standard InChI is InChI=1S/C15H23N3OS/c1-12-3-5-13(6-4-12)20-10-9-18-8-7-17-11-14(18)15(19)16-2/h3-6,14,17H,7-11H2,1-2H3,(H,16,19). The highest BCUT2D eigenvalue weighted by Gasteiger charge is 2.27. The molecule has 1 heterocycles. The summed E-state index contributed by atoms with van der Waals surface area (Å²) < 4.78 is 0. The van der Waals surface area contributed by atoms with Crippen LogP contribution in [0.2, 0.25) is 0 Å². The number of carbonyl (C=O) groups is 1. The minimum absolute atomic E-state index is 0.0348. The molecule has 0 spiro atoms. The number of likely N-dealkylation sites (N-methyl/N-ethyl adjacent to an activating group) is 1. The van der Waals surface area contributed by atoms with E-state index < -0.39 is 0 Å². The predicted octanol–water partition coefficient (Wildman–Crippen LogP) is 1.11. The Hall–Kier alpha value is -1.04. The van der Waals surface area contributed by atoms with Crippen LogP contribution in [0.1, 0.15) is 5.56 Å². The number of aryl methyl sites for hydroxylation is 1. The third-order valence-corrected chi connectivity index (χ3v) is 4.56. The second-order valence-electron chi connectivity index (χ2n) is 5.03. The Morgan fingerprint density at radius 1 is 1.45 bits per heavy atom. The van der Waals surface area contributed by atoms with Crippen molar-refractivity contribution in [2.45, 2.75) is 17.9 Å². The van der Waals surface area contributed by atoms with Crippen LogP contribution in [0.15, 0.2) is 29.2 Å². The van der Waals surface area contributed by atoms with Gasteiger partial charge in [-0.1, -0.05) is 17.7 Å². The van der Waals surface area contributed by atoms with E-state index in [1.165, 1.54) is 10.5 Å². The van der Waals surface area contributed by atoms with Crippen LogP contribution in [0.25, 0.3) is 0 Å². The van der Waals surface area contributed by atoms with Crippen LogP contribution in [0.4, 0.5) is 0 Å². The summed E-state index contributed by atoms with van der Waals surface area (Å²) in [7, 11) is 1.70. The summed E-state index contributed by atoms with van der Waals surface area (Å²) in [5.74, 6) is 1.12. The van der Waals surface area contributed by atoms with Crippen LogP contribution < -0.4 is 10.6 Å². The molecule has 5 heteroatoms. The first-order valence-corrected chi connectivity index (χ1v) is 8.05. The first-order chi connectivity index (χ1) is 9.70. The van der Waals surface area contributed by atoms with Crippen molar-refractivity contribution in [3.63, 3.8) is 0 Å². The van der Waals surface area contributed by atoms with E-state index in [9.17, 15) is 4.79 Å². The number of thioether (sulfide) groups is 1. The molecule has 1 aliphatic rings. The van der Waals surface area contributed by atoms with Crippen LogP contribution in [-0.4, -0.2) is 55.8 Å². The fraction of sp³-hybridized carbons (Fsp3) is 0.533. The van der Waals surface area contributed by atoms with E-state index in [1.54, 1.807) is 7.05 Å². The number of rotatable bonds is 5. The van der Waals surface area contributed by atoms with Crippen molar-refractivity contribution in [3.8, 4) is 0 Å². The molecule has 1 amide bonds. The first-order valence-electron chi connectivity index (χ1n) is 7.06. The number of nitrogens with one attached hydrogen (secondary N) is 2. The highest BCUT2D eigenvalue weighted by atomic mass is 32.2. The largest absolute Gasteiger partial charge is 0.358 e. The lowest BCUT2D eigenvalue weighted by molar-refractivity contribution is -0.126. The van der Waals surface area contributed by atoms with E-state index in [0.717, 1.165) is 31.9 Å². The van der Waals surface area contributed by atoms with Gasteiger partial charge in [0.2, 0.25) is 5.91 Å². The average Bonchev–Trinajstić information content (AvgIpc) is 2.49. The van der Waals surface area contributed by atoms with Crippen LogP contribution in [0.3, 0.4) is 0 Å². The lowest BCUT2D eigenvalue weighted by atomic mass is 10.2. The maximum absolute atomic E-state index is 11.8. The number of carbonyl (C=O) groups excluding carboxylic acids is 1. The molecule has 2 rings (SSSR count). The Kier molecular flexibility index (Phi) is 5.88. The molecule has 1 aliphatic heterocycles. The molecular formula is C15H23N3OS. The van der Waals surface area contributed by atoms with Gasteiger partial charge in [-0.3, -0.25) is 9.69 Å². The molecule has 0 saturated carbocycles. The molecule has 1 atom stereocenters. The van der Waals surface area contributed by atoms with E-state index in [4.69, 9.17) is 0 Å². The quantitative estimate of drug-likeness (QED) is 0.798. The van der Waals surface area contributed by atoms with Gasteiger partial charge in [0.05, 0.1) is 0 Å². The van der Waals surface area contributed by atoms with Gasteiger partial charge >= 0.3 is 0 Å². The van der Waals surface area contributed by atoms with Crippen molar-refractivity contribution < 1.29 is 4.79 Å². The zero-order valence-corrected chi connectivity index (χ0v) is 13.0. The number of hydrogen-bond acceptors (Lipinski definition) is 4. The SMILES string of the molecule is CNC(=O)C1CNCCN1CCSc1ccc(C)cc1. The third kappa shape index (κ3) is 4.23. The van der Waals surface area contributed by atoms with Crippen molar-refractivity contribution in [1.82, 2.24) is 15.5 Å². The number of hydrogen-bond donors (Lipinski definition) is 2. The van der Waals surface area contributed by atoms with Crippen LogP contribution >= 0.6 is 11.8 Å². The third-order valence-electron chi connectivity index (χ3n) is 3.57. The summed E-state index contributed by atoms with van der Waals surface area (Å²) >= 11 is 1.85. The molecule has 1 unspecified atom stereocenters. The fourth-order valence-electron chi connectivity index (χ4n) is 2.35. The first kappa shape index (κ1) is 15.4. The van der Waals surface area contributed by atoms with Crippen molar-refractivity contribution in [3.05, 3.63) is 29.8 Å². The van der Waals surface area contributed by atoms with Gasteiger partial charge in [0.25, 0.3) is 0 Å². The lowest BCUT2D eigenvalue weighted by Crippen LogP contribution is -2.57. The number of amides is 1. The summed E-state index contributed by atoms with van der Waals surface area (Å²) in [5.41, 5.74) is 1.29. The van der Waals surface area contributed by atoms with Gasteiger partial charge in [0, 0.05) is 43.9 Å². The topological polar surface area (TPSA) is 44.4 Å². The molecule has 2 N–H and O–H groups in total. The molecule has 110 valence electrons. The summed E-state index contributed by atoms with van der Waals surface area (Å²) in [6.07, 6.45) is 0. The maximum Gasteiger partial charge on any atom is 0.238 e. The van der Waals surface area contributed by atoms with Gasteiger partial charge < -0.3 is 10.6 Å². The predicted molar refractivity (Wildman–Crippen MR) is 84.2 cm³/mol. The van der Waals surface area contributed by atoms with Crippen molar-refractivity contribution in [2.75, 3.05) is 39.0 Å². The van der Waals surface area contributed by atoms with E-state index in [-0.39, 0.29) is 11.9 Å². The Morgan fingerprint density at radius 2 is 2.20 bits per heavy atom. The summed E-state index contributed by atoms with van der Waals surface area (Å²) in [6, 6.07) is 8.57. The van der Waals surface area contributed by atoms with E-state index >= 15 is 0 Å². The highest BCUT2D eigenvalue weighted by Crippen LogP contribution is 2.18. The van der Waals surface area contributed by atoms with E-state index in [0.29, 0.717) is 0 Å². The average molecular weight is 293 g/mol. The van der Waals surface area contributed by atoms with E-state index in [1.807, 2.05) is 11.8 Å². The Morgan fingerprint density at radius 3 is 2.90 bits per heavy atom. The van der Waals surface area contributed by atoms with Gasteiger partial charge in [-0.25, -0.2) is 0 Å². The summed E-state index contributed by atoms with van der Waals surface area (Å²) in [5, 5.41) is 6.04. The normalized spacial score (nSPS) is 19.8. The number of benzene rings is 1. The molecule has 1 saturated heterocycles. The molecule has 0 radical (unpaired) electrons. The molecule has 0 aromatic heterocycles. The van der Waals surface area contributed by atoms with Gasteiger partial charge in [0.1, 0.15) is 6.04 Å². The maximum atomic E-state index is 11.8. The van der Waals surface area contributed by atoms with Crippen LogP contribution in [-0.2, 0) is 4.79 Å². The molecule has 0 bridgehead atoms.